The molecule has 114 valence electrons. The second kappa shape index (κ2) is 5.28. The van der Waals surface area contributed by atoms with E-state index in [0.717, 1.165) is 0 Å². The third-order valence-corrected chi connectivity index (χ3v) is 3.07. The Balaban J connectivity index is 2.34. The molecule has 1 aromatic carbocycles. The molecule has 0 saturated heterocycles. The molecule has 0 fully saturated rings. The van der Waals surface area contributed by atoms with Crippen LogP contribution in [0.1, 0.15) is 0 Å². The van der Waals surface area contributed by atoms with Gasteiger partial charge in [-0.3, -0.25) is 4.98 Å². The van der Waals surface area contributed by atoms with E-state index in [1.807, 2.05) is 0 Å². The number of ether oxygens (including phenoxy) is 1. The number of pyridine rings is 1. The van der Waals surface area contributed by atoms with E-state index in [-0.39, 0.29) is 11.3 Å². The lowest BCUT2D eigenvalue weighted by Crippen LogP contribution is -2.41. The number of nitrogens with zero attached hydrogens (tertiary/aromatic N) is 1. The van der Waals surface area contributed by atoms with Gasteiger partial charge in [0.2, 0.25) is 0 Å². The van der Waals surface area contributed by atoms with Crippen LogP contribution in [0.4, 0.5) is 27.6 Å². The first-order valence-corrected chi connectivity index (χ1v) is 6.32. The van der Waals surface area contributed by atoms with Gasteiger partial charge in [-0.2, -0.15) is 22.0 Å². The first-order chi connectivity index (χ1) is 9.62. The quantitative estimate of drug-likeness (QED) is 0.651. The number of benzene rings is 1. The number of nitrogens with two attached hydrogens (primary N) is 1. The largest absolute Gasteiger partial charge is 0.485 e. The highest BCUT2D eigenvalue weighted by atomic mass is 79.9. The van der Waals surface area contributed by atoms with Gasteiger partial charge in [0.15, 0.2) is 6.61 Å². The fraction of sp³-hybridized carbons (Fsp3) is 0.250. The molecule has 0 saturated carbocycles. The molecule has 0 radical (unpaired) electrons. The summed E-state index contributed by atoms with van der Waals surface area (Å²) in [6, 6.07) is 4.11. The highest BCUT2D eigenvalue weighted by Gasteiger charge is 2.58. The van der Waals surface area contributed by atoms with Gasteiger partial charge in [0.1, 0.15) is 11.3 Å². The fourth-order valence-corrected chi connectivity index (χ4v) is 1.89. The number of halogens is 6. The van der Waals surface area contributed by atoms with Crippen molar-refractivity contribution in [2.45, 2.75) is 12.1 Å². The van der Waals surface area contributed by atoms with Crippen molar-refractivity contribution in [3.8, 4) is 5.75 Å². The van der Waals surface area contributed by atoms with Crippen molar-refractivity contribution < 1.29 is 26.7 Å². The Morgan fingerprint density at radius 1 is 1.19 bits per heavy atom. The number of rotatable bonds is 3. The second-order valence-corrected chi connectivity index (χ2v) is 5.11. The van der Waals surface area contributed by atoms with Gasteiger partial charge in [0.05, 0.1) is 0 Å². The number of hydrogen-bond acceptors (Lipinski definition) is 3. The third-order valence-electron chi connectivity index (χ3n) is 2.64. The zero-order chi connectivity index (χ0) is 15.8. The van der Waals surface area contributed by atoms with Crippen LogP contribution in [0.3, 0.4) is 0 Å². The van der Waals surface area contributed by atoms with E-state index in [0.29, 0.717) is 15.5 Å². The van der Waals surface area contributed by atoms with Crippen molar-refractivity contribution in [2.75, 3.05) is 12.3 Å². The van der Waals surface area contributed by atoms with Crippen LogP contribution in [0.25, 0.3) is 10.9 Å². The van der Waals surface area contributed by atoms with Crippen LogP contribution in [0.5, 0.6) is 5.75 Å². The lowest BCUT2D eigenvalue weighted by atomic mass is 10.1. The van der Waals surface area contributed by atoms with E-state index in [1.54, 1.807) is 6.07 Å². The molecule has 3 nitrogen and oxygen atoms in total. The number of anilines is 1. The van der Waals surface area contributed by atoms with Crippen molar-refractivity contribution in [3.63, 3.8) is 0 Å². The molecule has 0 aliphatic rings. The molecule has 1 aromatic heterocycles. The summed E-state index contributed by atoms with van der Waals surface area (Å²) in [6.45, 7) is -1.83. The Morgan fingerprint density at radius 2 is 1.86 bits per heavy atom. The average molecular weight is 371 g/mol. The molecule has 0 aliphatic heterocycles. The van der Waals surface area contributed by atoms with Gasteiger partial charge in [-0.05, 0) is 34.1 Å². The molecule has 0 amide bonds. The molecule has 0 atom stereocenters. The van der Waals surface area contributed by atoms with Gasteiger partial charge >= 0.3 is 12.1 Å². The molecule has 9 heteroatoms. The summed E-state index contributed by atoms with van der Waals surface area (Å²) < 4.78 is 67.2. The van der Waals surface area contributed by atoms with Crippen LogP contribution < -0.4 is 10.5 Å². The van der Waals surface area contributed by atoms with Gasteiger partial charge in [-0.15, -0.1) is 0 Å². The second-order valence-electron chi connectivity index (χ2n) is 4.19. The molecule has 0 aliphatic carbocycles. The van der Waals surface area contributed by atoms with Gasteiger partial charge in [0.25, 0.3) is 0 Å². The molecular weight excluding hydrogens is 363 g/mol. The zero-order valence-corrected chi connectivity index (χ0v) is 11.8. The summed E-state index contributed by atoms with van der Waals surface area (Å²) in [4.78, 5) is 3.93. The predicted octanol–water partition coefficient (Wildman–Crippen LogP) is 4.16. The van der Waals surface area contributed by atoms with Gasteiger partial charge < -0.3 is 10.5 Å². The first-order valence-electron chi connectivity index (χ1n) is 5.53. The monoisotopic (exact) mass is 370 g/mol. The topological polar surface area (TPSA) is 48.1 Å². The summed E-state index contributed by atoms with van der Waals surface area (Å²) in [7, 11) is 0. The number of nitrogen functional groups attached to an aromatic ring is 1. The molecule has 1 heterocycles. The summed E-state index contributed by atoms with van der Waals surface area (Å²) in [5, 5.41) is 0.386. The maximum atomic E-state index is 12.9. The zero-order valence-electron chi connectivity index (χ0n) is 10.2. The lowest BCUT2D eigenvalue weighted by Gasteiger charge is -2.20. The number of hydrogen-bond donors (Lipinski definition) is 1. The standard InChI is InChI=1S/C12H8BrF5N2O/c13-6-3-7-8(19)1-2-9(10(7)20-4-6)21-5-11(14,15)12(16,17)18/h1-4H,5,19H2. The van der Waals surface area contributed by atoms with E-state index in [2.05, 4.69) is 25.7 Å². The van der Waals surface area contributed by atoms with Gasteiger partial charge in [-0.25, -0.2) is 0 Å². The normalized spacial score (nSPS) is 12.7. The molecule has 2 rings (SSSR count). The maximum absolute atomic E-state index is 12.9. The van der Waals surface area contributed by atoms with Crippen LogP contribution in [0.2, 0.25) is 0 Å². The van der Waals surface area contributed by atoms with Crippen molar-refractivity contribution in [2.24, 2.45) is 0 Å². The van der Waals surface area contributed by atoms with E-state index in [4.69, 9.17) is 5.73 Å². The minimum atomic E-state index is -5.67. The molecular formula is C12H8BrF5N2O. The highest BCUT2D eigenvalue weighted by Crippen LogP contribution is 2.37. The van der Waals surface area contributed by atoms with E-state index >= 15 is 0 Å². The SMILES string of the molecule is Nc1ccc(OCC(F)(F)C(F)(F)F)c2ncc(Br)cc12. The Hall–Kier alpha value is -1.64. The molecule has 0 unspecified atom stereocenters. The first kappa shape index (κ1) is 15.7. The molecule has 0 spiro atoms. The Bertz CT molecular complexity index is 674. The smallest absolute Gasteiger partial charge is 0.456 e. The molecule has 2 N–H and O–H groups in total. The average Bonchev–Trinajstić information content (AvgIpc) is 2.37. The number of aromatic nitrogens is 1. The van der Waals surface area contributed by atoms with E-state index in [1.165, 1.54) is 18.3 Å². The molecule has 2 aromatic rings. The van der Waals surface area contributed by atoms with E-state index in [9.17, 15) is 22.0 Å². The van der Waals surface area contributed by atoms with Crippen molar-refractivity contribution in [3.05, 3.63) is 28.9 Å². The predicted molar refractivity (Wildman–Crippen MR) is 70.4 cm³/mol. The summed E-state index contributed by atoms with van der Waals surface area (Å²) in [6.07, 6.45) is -4.32. The number of fused-ring (bicyclic) bond motifs is 1. The van der Waals surface area contributed by atoms with Crippen LogP contribution in [-0.4, -0.2) is 23.7 Å². The molecule has 0 bridgehead atoms. The van der Waals surface area contributed by atoms with Crippen LogP contribution >= 0.6 is 15.9 Å². The Morgan fingerprint density at radius 3 is 2.48 bits per heavy atom. The minimum absolute atomic E-state index is 0.108. The van der Waals surface area contributed by atoms with Crippen molar-refractivity contribution in [1.29, 1.82) is 0 Å². The summed E-state index contributed by atoms with van der Waals surface area (Å²) in [5.74, 6) is -5.15. The number of alkyl halides is 5. The van der Waals surface area contributed by atoms with E-state index < -0.39 is 18.7 Å². The third kappa shape index (κ3) is 3.17. The van der Waals surface area contributed by atoms with Gasteiger partial charge in [-0.1, -0.05) is 0 Å². The summed E-state index contributed by atoms with van der Waals surface area (Å²) >= 11 is 3.16. The Kier molecular flexibility index (Phi) is 3.96. The Labute approximate surface area is 124 Å². The van der Waals surface area contributed by atoms with Crippen LogP contribution in [0.15, 0.2) is 28.9 Å². The van der Waals surface area contributed by atoms with Crippen molar-refractivity contribution >= 4 is 32.5 Å². The maximum Gasteiger partial charge on any atom is 0.456 e. The fourth-order valence-electron chi connectivity index (χ4n) is 1.56. The van der Waals surface area contributed by atoms with Crippen molar-refractivity contribution in [1.82, 2.24) is 4.98 Å². The lowest BCUT2D eigenvalue weighted by molar-refractivity contribution is -0.289. The van der Waals surface area contributed by atoms with Gasteiger partial charge in [0, 0.05) is 21.7 Å². The molecule has 21 heavy (non-hydrogen) atoms. The summed E-state index contributed by atoms with van der Waals surface area (Å²) in [5.41, 5.74) is 6.11. The highest BCUT2D eigenvalue weighted by molar-refractivity contribution is 9.10. The van der Waals surface area contributed by atoms with Crippen LogP contribution in [0, 0.1) is 0 Å². The minimum Gasteiger partial charge on any atom is -0.485 e. The van der Waals surface area contributed by atoms with Crippen LogP contribution in [-0.2, 0) is 0 Å².